The molecule has 1 aromatic heterocycles. The maximum Gasteiger partial charge on any atom is 0.343 e. The molecule has 0 aromatic carbocycles. The fraction of sp³-hybridized carbons (Fsp3) is 0.467. The van der Waals surface area contributed by atoms with E-state index in [9.17, 15) is 9.59 Å². The predicted molar refractivity (Wildman–Crippen MR) is 74.1 cm³/mol. The van der Waals surface area contributed by atoms with Crippen molar-refractivity contribution in [3.05, 3.63) is 32.7 Å². The highest BCUT2D eigenvalue weighted by molar-refractivity contribution is 5.68. The van der Waals surface area contributed by atoms with Crippen LogP contribution in [0.5, 0.6) is 0 Å². The second kappa shape index (κ2) is 7.56. The molecular weight excluding hydrogens is 244 g/mol. The van der Waals surface area contributed by atoms with Gasteiger partial charge in [-0.05, 0) is 38.0 Å². The first kappa shape index (κ1) is 15.2. The first-order chi connectivity index (χ1) is 9.12. The van der Waals surface area contributed by atoms with E-state index in [1.807, 2.05) is 26.0 Å². The molecule has 0 aliphatic heterocycles. The van der Waals surface area contributed by atoms with E-state index in [1.54, 1.807) is 6.08 Å². The third-order valence-electron chi connectivity index (χ3n) is 2.95. The number of aryl methyl sites for hydroxylation is 1. The van der Waals surface area contributed by atoms with Crippen LogP contribution in [0.4, 0.5) is 0 Å². The molecule has 1 heterocycles. The van der Waals surface area contributed by atoms with Crippen molar-refractivity contribution in [2.75, 3.05) is 7.11 Å². The largest absolute Gasteiger partial charge is 0.469 e. The smallest absolute Gasteiger partial charge is 0.343 e. The van der Waals surface area contributed by atoms with Crippen LogP contribution < -0.4 is 16.1 Å². The number of hydrogen-bond acceptors (Lipinski definition) is 4. The molecule has 0 radical (unpaired) electrons. The molecule has 0 N–H and O–H groups in total. The van der Waals surface area contributed by atoms with Gasteiger partial charge >= 0.3 is 11.6 Å². The zero-order valence-corrected chi connectivity index (χ0v) is 11.7. The second-order valence-electron chi connectivity index (χ2n) is 4.23. The summed E-state index contributed by atoms with van der Waals surface area (Å²) in [5.41, 5.74) is -0.305. The lowest BCUT2D eigenvalue weighted by atomic mass is 10.1. The molecule has 0 aliphatic rings. The molecule has 0 aliphatic carbocycles. The minimum Gasteiger partial charge on any atom is -0.469 e. The van der Waals surface area contributed by atoms with Gasteiger partial charge in [-0.25, -0.2) is 4.79 Å². The number of unbranched alkanes of at least 4 members (excludes halogenated alkanes) is 1. The summed E-state index contributed by atoms with van der Waals surface area (Å²) >= 11 is 0. The summed E-state index contributed by atoms with van der Waals surface area (Å²) in [7, 11) is 1.38. The Balaban J connectivity index is 2.74. The van der Waals surface area contributed by atoms with Gasteiger partial charge < -0.3 is 9.15 Å². The minimum absolute atomic E-state index is 0.208. The molecule has 0 bridgehead atoms. The van der Waals surface area contributed by atoms with E-state index in [-0.39, 0.29) is 11.6 Å². The molecular formula is C15H20O4. The fourth-order valence-electron chi connectivity index (χ4n) is 1.89. The zero-order valence-electron chi connectivity index (χ0n) is 11.7. The quantitative estimate of drug-likeness (QED) is 0.591. The Morgan fingerprint density at radius 2 is 2.05 bits per heavy atom. The molecule has 0 spiro atoms. The normalized spacial score (nSPS) is 12.8. The van der Waals surface area contributed by atoms with Crippen LogP contribution in [0, 0.1) is 0 Å². The van der Waals surface area contributed by atoms with Gasteiger partial charge in [-0.15, -0.1) is 0 Å². The summed E-state index contributed by atoms with van der Waals surface area (Å²) in [6.07, 6.45) is 6.21. The van der Waals surface area contributed by atoms with Crippen LogP contribution in [0.1, 0.15) is 38.9 Å². The molecule has 0 amide bonds. The van der Waals surface area contributed by atoms with E-state index in [0.29, 0.717) is 23.8 Å². The monoisotopic (exact) mass is 264 g/mol. The topological polar surface area (TPSA) is 56.5 Å². The Morgan fingerprint density at radius 1 is 1.32 bits per heavy atom. The summed E-state index contributed by atoms with van der Waals surface area (Å²) in [5, 5.41) is 1.49. The highest BCUT2D eigenvalue weighted by atomic mass is 16.5. The molecule has 104 valence electrons. The Kier molecular flexibility index (Phi) is 6.06. The van der Waals surface area contributed by atoms with Crippen LogP contribution in [0.25, 0.3) is 12.2 Å². The van der Waals surface area contributed by atoms with Gasteiger partial charge in [0.2, 0.25) is 0 Å². The molecule has 0 atom stereocenters. The average Bonchev–Trinajstić information content (AvgIpc) is 2.42. The van der Waals surface area contributed by atoms with Crippen molar-refractivity contribution in [3.63, 3.8) is 0 Å². The van der Waals surface area contributed by atoms with E-state index >= 15 is 0 Å². The van der Waals surface area contributed by atoms with Crippen LogP contribution in [0.3, 0.4) is 0 Å². The standard InChI is InChI=1S/C15H20O4/c1-4-11-10-12(19-15(17)13(11)5-2)8-6-7-9-14(16)18-3/h4-5,10H,6-9H2,1-3H3. The Bertz CT molecular complexity index is 596. The van der Waals surface area contributed by atoms with Crippen LogP contribution in [-0.2, 0) is 16.0 Å². The fourth-order valence-corrected chi connectivity index (χ4v) is 1.89. The highest BCUT2D eigenvalue weighted by Gasteiger charge is 2.03. The number of carbonyl (C=O) groups excluding carboxylic acids is 1. The molecule has 19 heavy (non-hydrogen) atoms. The van der Waals surface area contributed by atoms with E-state index in [2.05, 4.69) is 4.74 Å². The van der Waals surface area contributed by atoms with Crippen molar-refractivity contribution in [2.45, 2.75) is 39.5 Å². The predicted octanol–water partition coefficient (Wildman–Crippen LogP) is 1.13. The average molecular weight is 264 g/mol. The number of rotatable bonds is 5. The third kappa shape index (κ3) is 4.39. The lowest BCUT2D eigenvalue weighted by Gasteiger charge is -2.01. The minimum atomic E-state index is -0.305. The molecule has 1 aromatic rings. The van der Waals surface area contributed by atoms with Crippen molar-refractivity contribution < 1.29 is 13.9 Å². The van der Waals surface area contributed by atoms with Crippen LogP contribution >= 0.6 is 0 Å². The lowest BCUT2D eigenvalue weighted by molar-refractivity contribution is -0.140. The van der Waals surface area contributed by atoms with Gasteiger partial charge in [0, 0.05) is 12.8 Å². The zero-order chi connectivity index (χ0) is 14.3. The van der Waals surface area contributed by atoms with Gasteiger partial charge in [-0.2, -0.15) is 0 Å². The molecule has 0 saturated heterocycles. The number of esters is 1. The van der Waals surface area contributed by atoms with Crippen LogP contribution in [-0.4, -0.2) is 13.1 Å². The number of ether oxygens (including phenoxy) is 1. The van der Waals surface area contributed by atoms with Crippen molar-refractivity contribution >= 4 is 18.1 Å². The van der Waals surface area contributed by atoms with Crippen molar-refractivity contribution in [3.8, 4) is 0 Å². The Labute approximate surface area is 112 Å². The Morgan fingerprint density at radius 3 is 2.63 bits per heavy atom. The summed E-state index contributed by atoms with van der Waals surface area (Å²) in [5.74, 6) is 0.452. The molecule has 0 saturated carbocycles. The van der Waals surface area contributed by atoms with Crippen LogP contribution in [0.2, 0.25) is 0 Å². The molecule has 0 unspecified atom stereocenters. The number of hydrogen-bond donors (Lipinski definition) is 0. The van der Waals surface area contributed by atoms with E-state index in [1.165, 1.54) is 7.11 Å². The summed E-state index contributed by atoms with van der Waals surface area (Å²) in [4.78, 5) is 22.7. The maximum absolute atomic E-state index is 11.7. The summed E-state index contributed by atoms with van der Waals surface area (Å²) < 4.78 is 9.82. The molecule has 4 nitrogen and oxygen atoms in total. The van der Waals surface area contributed by atoms with Gasteiger partial charge in [0.15, 0.2) is 0 Å². The van der Waals surface area contributed by atoms with E-state index in [0.717, 1.165) is 18.1 Å². The maximum atomic E-state index is 11.7. The van der Waals surface area contributed by atoms with Gasteiger partial charge in [-0.1, -0.05) is 12.2 Å². The summed E-state index contributed by atoms with van der Waals surface area (Å²) in [6, 6.07) is 1.88. The SMILES string of the molecule is CC=c1cc(CCCCC(=O)OC)oc(=O)c1=CC. The van der Waals surface area contributed by atoms with Crippen molar-refractivity contribution in [1.29, 1.82) is 0 Å². The van der Waals surface area contributed by atoms with Gasteiger partial charge in [0.05, 0.1) is 12.3 Å². The van der Waals surface area contributed by atoms with E-state index in [4.69, 9.17) is 4.42 Å². The molecule has 0 fully saturated rings. The highest BCUT2D eigenvalue weighted by Crippen LogP contribution is 2.03. The molecule has 1 rings (SSSR count). The van der Waals surface area contributed by atoms with Crippen molar-refractivity contribution in [1.82, 2.24) is 0 Å². The number of methoxy groups -OCH3 is 1. The van der Waals surface area contributed by atoms with E-state index < -0.39 is 0 Å². The van der Waals surface area contributed by atoms with Gasteiger partial charge in [0.25, 0.3) is 0 Å². The van der Waals surface area contributed by atoms with Gasteiger partial charge in [0.1, 0.15) is 5.76 Å². The Hall–Kier alpha value is -1.84. The number of carbonyl (C=O) groups is 1. The molecule has 4 heteroatoms. The third-order valence-corrected chi connectivity index (χ3v) is 2.95. The van der Waals surface area contributed by atoms with Crippen LogP contribution in [0.15, 0.2) is 15.3 Å². The van der Waals surface area contributed by atoms with Crippen molar-refractivity contribution in [2.24, 2.45) is 0 Å². The second-order valence-corrected chi connectivity index (χ2v) is 4.23. The lowest BCUT2D eigenvalue weighted by Crippen LogP contribution is -2.38. The van der Waals surface area contributed by atoms with Gasteiger partial charge in [-0.3, -0.25) is 4.79 Å². The first-order valence-electron chi connectivity index (χ1n) is 6.45. The summed E-state index contributed by atoms with van der Waals surface area (Å²) in [6.45, 7) is 3.71. The first-order valence-corrected chi connectivity index (χ1v) is 6.45.